The van der Waals surface area contributed by atoms with Crippen LogP contribution in [0, 0.1) is 13.8 Å². The lowest BCUT2D eigenvalue weighted by atomic mass is 10.1. The van der Waals surface area contributed by atoms with E-state index in [1.165, 1.54) is 4.88 Å². The number of aryl methyl sites for hydroxylation is 2. The van der Waals surface area contributed by atoms with E-state index in [1.807, 2.05) is 26.0 Å². The lowest BCUT2D eigenvalue weighted by Gasteiger charge is -2.26. The van der Waals surface area contributed by atoms with Crippen LogP contribution >= 0.6 is 35.3 Å². The fourth-order valence-electron chi connectivity index (χ4n) is 3.07. The Morgan fingerprint density at radius 1 is 1.23 bits per heavy atom. The number of amides is 2. The van der Waals surface area contributed by atoms with E-state index in [9.17, 15) is 9.59 Å². The molecule has 0 bridgehead atoms. The van der Waals surface area contributed by atoms with Crippen LogP contribution in [0.3, 0.4) is 0 Å². The van der Waals surface area contributed by atoms with Crippen LogP contribution in [0.2, 0.25) is 0 Å². The third kappa shape index (κ3) is 6.39. The highest BCUT2D eigenvalue weighted by Gasteiger charge is 2.22. The zero-order valence-electron chi connectivity index (χ0n) is 17.3. The van der Waals surface area contributed by atoms with Crippen molar-refractivity contribution in [3.8, 4) is 0 Å². The van der Waals surface area contributed by atoms with Gasteiger partial charge in [0.05, 0.1) is 23.8 Å². The minimum Gasteiger partial charge on any atom is -0.353 e. The molecule has 1 aliphatic rings. The van der Waals surface area contributed by atoms with Gasteiger partial charge < -0.3 is 20.9 Å². The first-order chi connectivity index (χ1) is 14.0. The number of guanidine groups is 1. The summed E-state index contributed by atoms with van der Waals surface area (Å²) in [5.41, 5.74) is 2.66. The van der Waals surface area contributed by atoms with E-state index in [0.717, 1.165) is 16.3 Å². The van der Waals surface area contributed by atoms with E-state index in [0.29, 0.717) is 37.7 Å². The van der Waals surface area contributed by atoms with Crippen molar-refractivity contribution in [1.82, 2.24) is 25.8 Å². The summed E-state index contributed by atoms with van der Waals surface area (Å²) < 4.78 is 0. The van der Waals surface area contributed by atoms with Gasteiger partial charge in [-0.25, -0.2) is 4.98 Å². The highest BCUT2D eigenvalue weighted by molar-refractivity contribution is 14.0. The summed E-state index contributed by atoms with van der Waals surface area (Å²) in [5.74, 6) is 0.468. The van der Waals surface area contributed by atoms with Crippen LogP contribution < -0.4 is 16.0 Å². The number of rotatable bonds is 5. The second-order valence-corrected chi connectivity index (χ2v) is 8.08. The molecule has 1 aliphatic heterocycles. The Balaban J connectivity index is 0.00000320. The molecule has 3 N–H and O–H groups in total. The second kappa shape index (κ2) is 11.3. The van der Waals surface area contributed by atoms with Crippen molar-refractivity contribution < 1.29 is 9.59 Å². The average Bonchev–Trinajstić information content (AvgIpc) is 3.05. The Morgan fingerprint density at radius 3 is 2.53 bits per heavy atom. The number of carbonyl (C=O) groups excluding carboxylic acids is 2. The number of aromatic nitrogens is 1. The predicted octanol–water partition coefficient (Wildman–Crippen LogP) is 1.82. The maximum atomic E-state index is 12.5. The molecule has 10 heteroatoms. The van der Waals surface area contributed by atoms with Crippen LogP contribution in [0.1, 0.15) is 31.5 Å². The SMILES string of the molecule is CN=C(NCc1ccc(C(=O)N2CCNC(=O)C2)cc1)NCc1sc(C)nc1C.I. The lowest BCUT2D eigenvalue weighted by Crippen LogP contribution is -2.49. The van der Waals surface area contributed by atoms with Crippen LogP contribution in [0.4, 0.5) is 0 Å². The van der Waals surface area contributed by atoms with Gasteiger partial charge in [-0.2, -0.15) is 0 Å². The number of carbonyl (C=O) groups is 2. The molecule has 2 heterocycles. The molecule has 1 saturated heterocycles. The smallest absolute Gasteiger partial charge is 0.254 e. The molecule has 0 spiro atoms. The number of nitrogens with zero attached hydrogens (tertiary/aromatic N) is 3. The van der Waals surface area contributed by atoms with Crippen LogP contribution in [0.25, 0.3) is 0 Å². The number of nitrogens with one attached hydrogen (secondary N) is 3. The summed E-state index contributed by atoms with van der Waals surface area (Å²) in [6.45, 7) is 6.42. The lowest BCUT2D eigenvalue weighted by molar-refractivity contribution is -0.123. The first kappa shape index (κ1) is 24.1. The molecule has 0 unspecified atom stereocenters. The summed E-state index contributed by atoms with van der Waals surface area (Å²) in [6, 6.07) is 7.42. The van der Waals surface area contributed by atoms with Crippen molar-refractivity contribution in [2.24, 2.45) is 4.99 Å². The number of hydrogen-bond donors (Lipinski definition) is 3. The van der Waals surface area contributed by atoms with Gasteiger partial charge in [0.25, 0.3) is 5.91 Å². The predicted molar refractivity (Wildman–Crippen MR) is 129 cm³/mol. The van der Waals surface area contributed by atoms with E-state index < -0.39 is 0 Å². The zero-order chi connectivity index (χ0) is 20.8. The summed E-state index contributed by atoms with van der Waals surface area (Å²) in [6.07, 6.45) is 0. The number of halogens is 1. The van der Waals surface area contributed by atoms with Gasteiger partial charge in [-0.1, -0.05) is 12.1 Å². The van der Waals surface area contributed by atoms with Crippen molar-refractivity contribution in [1.29, 1.82) is 0 Å². The molecule has 1 aromatic carbocycles. The molecule has 1 fully saturated rings. The summed E-state index contributed by atoms with van der Waals surface area (Å²) >= 11 is 1.68. The van der Waals surface area contributed by atoms with E-state index >= 15 is 0 Å². The Hall–Kier alpha value is -2.21. The quantitative estimate of drug-likeness (QED) is 0.304. The zero-order valence-corrected chi connectivity index (χ0v) is 20.5. The third-order valence-electron chi connectivity index (χ3n) is 4.63. The molecule has 1 aromatic heterocycles. The number of hydrogen-bond acceptors (Lipinski definition) is 5. The number of aliphatic imine (C=N–C) groups is 1. The van der Waals surface area contributed by atoms with Gasteiger partial charge in [-0.3, -0.25) is 14.6 Å². The largest absolute Gasteiger partial charge is 0.353 e. The molecule has 8 nitrogen and oxygen atoms in total. The first-order valence-electron chi connectivity index (χ1n) is 9.48. The average molecular weight is 542 g/mol. The second-order valence-electron chi connectivity index (χ2n) is 6.79. The highest BCUT2D eigenvalue weighted by atomic mass is 127. The molecular weight excluding hydrogens is 515 g/mol. The van der Waals surface area contributed by atoms with Gasteiger partial charge in [0.2, 0.25) is 5.91 Å². The van der Waals surface area contributed by atoms with Gasteiger partial charge in [0, 0.05) is 37.1 Å². The molecule has 0 radical (unpaired) electrons. The van der Waals surface area contributed by atoms with Crippen LogP contribution in [0.5, 0.6) is 0 Å². The van der Waals surface area contributed by atoms with Crippen molar-refractivity contribution in [3.63, 3.8) is 0 Å². The standard InChI is InChI=1S/C20H26N6O2S.HI/c1-13-17(29-14(2)25-13)11-24-20(21-3)23-10-15-4-6-16(7-5-15)19(28)26-9-8-22-18(27)12-26;/h4-7H,8-12H2,1-3H3,(H,22,27)(H2,21,23,24);1H. The van der Waals surface area contributed by atoms with Crippen LogP contribution in [0.15, 0.2) is 29.3 Å². The molecule has 30 heavy (non-hydrogen) atoms. The normalized spacial score (nSPS) is 14.0. The van der Waals surface area contributed by atoms with Gasteiger partial charge in [0.15, 0.2) is 5.96 Å². The van der Waals surface area contributed by atoms with E-state index in [2.05, 4.69) is 25.9 Å². The minimum absolute atomic E-state index is 0. The van der Waals surface area contributed by atoms with Crippen molar-refractivity contribution in [2.75, 3.05) is 26.7 Å². The molecule has 162 valence electrons. The monoisotopic (exact) mass is 542 g/mol. The summed E-state index contributed by atoms with van der Waals surface area (Å²) in [5, 5.41) is 10.4. The fourth-order valence-corrected chi connectivity index (χ4v) is 3.94. The molecule has 0 saturated carbocycles. The maximum Gasteiger partial charge on any atom is 0.254 e. The fraction of sp³-hybridized carbons (Fsp3) is 0.400. The topological polar surface area (TPSA) is 98.7 Å². The van der Waals surface area contributed by atoms with Crippen LogP contribution in [-0.4, -0.2) is 54.3 Å². The van der Waals surface area contributed by atoms with Gasteiger partial charge in [0.1, 0.15) is 0 Å². The maximum absolute atomic E-state index is 12.5. The molecular formula is C20H27IN6O2S. The number of thiazole rings is 1. The highest BCUT2D eigenvalue weighted by Crippen LogP contribution is 2.16. The Kier molecular flexibility index (Phi) is 9.03. The summed E-state index contributed by atoms with van der Waals surface area (Å²) in [7, 11) is 1.73. The van der Waals surface area contributed by atoms with Crippen molar-refractivity contribution in [2.45, 2.75) is 26.9 Å². The van der Waals surface area contributed by atoms with E-state index in [4.69, 9.17) is 0 Å². The van der Waals surface area contributed by atoms with Crippen molar-refractivity contribution >= 4 is 53.1 Å². The van der Waals surface area contributed by atoms with Gasteiger partial charge in [-0.05, 0) is 31.5 Å². The van der Waals surface area contributed by atoms with Crippen molar-refractivity contribution in [3.05, 3.63) is 51.0 Å². The molecule has 0 atom stereocenters. The molecule has 0 aliphatic carbocycles. The minimum atomic E-state index is -0.118. The third-order valence-corrected chi connectivity index (χ3v) is 5.70. The van der Waals surface area contributed by atoms with E-state index in [1.54, 1.807) is 35.4 Å². The van der Waals surface area contributed by atoms with Crippen LogP contribution in [-0.2, 0) is 17.9 Å². The van der Waals surface area contributed by atoms with Gasteiger partial charge in [-0.15, -0.1) is 35.3 Å². The summed E-state index contributed by atoms with van der Waals surface area (Å²) in [4.78, 5) is 35.4. The Morgan fingerprint density at radius 2 is 1.93 bits per heavy atom. The first-order valence-corrected chi connectivity index (χ1v) is 10.3. The Labute approximate surface area is 197 Å². The van der Waals surface area contributed by atoms with Gasteiger partial charge >= 0.3 is 0 Å². The molecule has 2 amide bonds. The number of benzene rings is 1. The molecule has 2 aromatic rings. The van der Waals surface area contributed by atoms with E-state index in [-0.39, 0.29) is 42.3 Å². The number of piperazine rings is 1. The molecule has 3 rings (SSSR count). The Bertz CT molecular complexity index is 913.